The first-order chi connectivity index (χ1) is 11.6. The first-order valence-electron chi connectivity index (χ1n) is 7.27. The average molecular weight is 373 g/mol. The molecule has 10 heteroatoms. The Morgan fingerprint density at radius 2 is 1.96 bits per heavy atom. The molecule has 2 rings (SSSR count). The van der Waals surface area contributed by atoms with Gasteiger partial charge in [0.25, 0.3) is 5.91 Å². The van der Waals surface area contributed by atoms with Crippen LogP contribution in [0.15, 0.2) is 27.6 Å². The normalized spacial score (nSPS) is 11.8. The fraction of sp³-hybridized carbons (Fsp3) is 0.333. The van der Waals surface area contributed by atoms with Crippen molar-refractivity contribution in [2.24, 2.45) is 0 Å². The summed E-state index contributed by atoms with van der Waals surface area (Å²) in [6.07, 6.45) is 0. The summed E-state index contributed by atoms with van der Waals surface area (Å²) in [7, 11) is -2.46. The van der Waals surface area contributed by atoms with Crippen LogP contribution in [0.1, 0.15) is 21.8 Å². The fourth-order valence-electron chi connectivity index (χ4n) is 2.19. The molecule has 25 heavy (non-hydrogen) atoms. The number of hydrogen-bond acceptors (Lipinski definition) is 5. The van der Waals surface area contributed by atoms with Crippen LogP contribution in [-0.2, 0) is 10.0 Å². The Morgan fingerprint density at radius 3 is 2.52 bits per heavy atom. The standard InChI is InChI=1S/C15H17F2N3O4S/c1-9-14(10(2)24-19-9)25(22,23)20(3)7-6-18-15(21)11-4-5-12(16)13(17)8-11/h4-5,8H,6-7H2,1-3H3,(H,18,21). The Kier molecular flexibility index (Phi) is 5.53. The molecule has 0 radical (unpaired) electrons. The van der Waals surface area contributed by atoms with Gasteiger partial charge in [-0.3, -0.25) is 4.79 Å². The minimum Gasteiger partial charge on any atom is -0.360 e. The molecule has 2 aromatic rings. The van der Waals surface area contributed by atoms with Gasteiger partial charge in [0.2, 0.25) is 10.0 Å². The summed E-state index contributed by atoms with van der Waals surface area (Å²) >= 11 is 0. The van der Waals surface area contributed by atoms with E-state index in [1.54, 1.807) is 0 Å². The summed E-state index contributed by atoms with van der Waals surface area (Å²) in [5, 5.41) is 6.06. The third-order valence-electron chi connectivity index (χ3n) is 3.53. The van der Waals surface area contributed by atoms with E-state index in [0.29, 0.717) is 0 Å². The van der Waals surface area contributed by atoms with Gasteiger partial charge in [0.1, 0.15) is 10.6 Å². The van der Waals surface area contributed by atoms with Gasteiger partial charge in [-0.2, -0.15) is 4.31 Å². The van der Waals surface area contributed by atoms with Crippen LogP contribution in [0.25, 0.3) is 0 Å². The molecule has 0 unspecified atom stereocenters. The molecule has 0 aliphatic carbocycles. The smallest absolute Gasteiger partial charge is 0.251 e. The summed E-state index contributed by atoms with van der Waals surface area (Å²) in [5.74, 6) is -2.65. The predicted octanol–water partition coefficient (Wildman–Crippen LogP) is 1.62. The molecule has 7 nitrogen and oxygen atoms in total. The van der Waals surface area contributed by atoms with E-state index in [1.807, 2.05) is 0 Å². The van der Waals surface area contributed by atoms with Crippen molar-refractivity contribution in [2.45, 2.75) is 18.7 Å². The van der Waals surface area contributed by atoms with E-state index in [2.05, 4.69) is 10.5 Å². The van der Waals surface area contributed by atoms with Crippen LogP contribution < -0.4 is 5.32 Å². The van der Waals surface area contributed by atoms with Crippen LogP contribution in [-0.4, -0.2) is 43.9 Å². The molecule has 136 valence electrons. The van der Waals surface area contributed by atoms with Gasteiger partial charge in [0.05, 0.1) is 0 Å². The number of likely N-dealkylation sites (N-methyl/N-ethyl adjacent to an activating group) is 1. The summed E-state index contributed by atoms with van der Waals surface area (Å²) < 4.78 is 56.9. The molecule has 1 N–H and O–H groups in total. The van der Waals surface area contributed by atoms with Crippen LogP contribution in [0.2, 0.25) is 0 Å². The number of amides is 1. The molecular weight excluding hydrogens is 356 g/mol. The van der Waals surface area contributed by atoms with E-state index in [9.17, 15) is 22.0 Å². The minimum atomic E-state index is -3.82. The fourth-order valence-corrected chi connectivity index (χ4v) is 3.64. The lowest BCUT2D eigenvalue weighted by molar-refractivity contribution is 0.0951. The quantitative estimate of drug-likeness (QED) is 0.831. The zero-order chi connectivity index (χ0) is 18.8. The highest BCUT2D eigenvalue weighted by Crippen LogP contribution is 2.21. The van der Waals surface area contributed by atoms with Crippen molar-refractivity contribution in [3.8, 4) is 0 Å². The second-order valence-electron chi connectivity index (χ2n) is 5.36. The average Bonchev–Trinajstić information content (AvgIpc) is 2.89. The van der Waals surface area contributed by atoms with E-state index in [1.165, 1.54) is 20.9 Å². The molecule has 1 amide bonds. The van der Waals surface area contributed by atoms with E-state index in [0.717, 1.165) is 22.5 Å². The van der Waals surface area contributed by atoms with Crippen molar-refractivity contribution in [3.05, 3.63) is 46.9 Å². The number of halogens is 2. The molecule has 0 atom stereocenters. The van der Waals surface area contributed by atoms with Gasteiger partial charge in [-0.1, -0.05) is 5.16 Å². The lowest BCUT2D eigenvalue weighted by Gasteiger charge is -2.17. The summed E-state index contributed by atoms with van der Waals surface area (Å²) in [6.45, 7) is 2.96. The van der Waals surface area contributed by atoms with Gasteiger partial charge in [0, 0.05) is 25.7 Å². The number of aryl methyl sites for hydroxylation is 2. The maximum atomic E-state index is 13.1. The SMILES string of the molecule is Cc1noc(C)c1S(=O)(=O)N(C)CCNC(=O)c1ccc(F)c(F)c1. The zero-order valence-corrected chi connectivity index (χ0v) is 14.7. The van der Waals surface area contributed by atoms with Gasteiger partial charge >= 0.3 is 0 Å². The second-order valence-corrected chi connectivity index (χ2v) is 7.35. The lowest BCUT2D eigenvalue weighted by atomic mass is 10.2. The molecule has 1 aromatic heterocycles. The Labute approximate surface area is 143 Å². The predicted molar refractivity (Wildman–Crippen MR) is 84.5 cm³/mol. The third-order valence-corrected chi connectivity index (χ3v) is 5.63. The molecule has 1 heterocycles. The van der Waals surface area contributed by atoms with Crippen LogP contribution in [0.5, 0.6) is 0 Å². The number of rotatable bonds is 6. The number of hydrogen-bond donors (Lipinski definition) is 1. The molecule has 0 spiro atoms. The zero-order valence-electron chi connectivity index (χ0n) is 13.8. The number of nitrogens with one attached hydrogen (secondary N) is 1. The molecule has 0 aliphatic rings. The summed E-state index contributed by atoms with van der Waals surface area (Å²) in [6, 6.07) is 2.76. The third kappa shape index (κ3) is 4.02. The van der Waals surface area contributed by atoms with Crippen molar-refractivity contribution in [1.82, 2.24) is 14.8 Å². The van der Waals surface area contributed by atoms with Gasteiger partial charge in [-0.05, 0) is 32.0 Å². The first-order valence-corrected chi connectivity index (χ1v) is 8.71. The molecule has 1 aromatic carbocycles. The van der Waals surface area contributed by atoms with Crippen molar-refractivity contribution in [2.75, 3.05) is 20.1 Å². The maximum absolute atomic E-state index is 13.1. The van der Waals surface area contributed by atoms with Crippen molar-refractivity contribution >= 4 is 15.9 Å². The number of carbonyl (C=O) groups excluding carboxylic acids is 1. The number of nitrogens with zero attached hydrogens (tertiary/aromatic N) is 2. The van der Waals surface area contributed by atoms with Crippen molar-refractivity contribution in [3.63, 3.8) is 0 Å². The Balaban J connectivity index is 1.99. The Bertz CT molecular complexity index is 877. The number of carbonyl (C=O) groups is 1. The van der Waals surface area contributed by atoms with Crippen LogP contribution in [0, 0.1) is 25.5 Å². The summed E-state index contributed by atoms with van der Waals surface area (Å²) in [5.41, 5.74) is 0.185. The van der Waals surface area contributed by atoms with E-state index in [-0.39, 0.29) is 35.0 Å². The van der Waals surface area contributed by atoms with Gasteiger partial charge < -0.3 is 9.84 Å². The molecule has 0 bridgehead atoms. The number of sulfonamides is 1. The molecule has 0 saturated carbocycles. The van der Waals surface area contributed by atoms with E-state index < -0.39 is 27.6 Å². The van der Waals surface area contributed by atoms with E-state index in [4.69, 9.17) is 4.52 Å². The van der Waals surface area contributed by atoms with Crippen LogP contribution in [0.4, 0.5) is 8.78 Å². The monoisotopic (exact) mass is 373 g/mol. The highest BCUT2D eigenvalue weighted by molar-refractivity contribution is 7.89. The van der Waals surface area contributed by atoms with Gasteiger partial charge in [0.15, 0.2) is 17.4 Å². The van der Waals surface area contributed by atoms with Crippen LogP contribution in [0.3, 0.4) is 0 Å². The topological polar surface area (TPSA) is 92.5 Å². The number of benzene rings is 1. The van der Waals surface area contributed by atoms with Crippen molar-refractivity contribution in [1.29, 1.82) is 0 Å². The van der Waals surface area contributed by atoms with Gasteiger partial charge in [-0.25, -0.2) is 17.2 Å². The molecular formula is C15H17F2N3O4S. The summed E-state index contributed by atoms with van der Waals surface area (Å²) in [4.78, 5) is 11.9. The van der Waals surface area contributed by atoms with Gasteiger partial charge in [-0.15, -0.1) is 0 Å². The first kappa shape index (κ1) is 19.0. The maximum Gasteiger partial charge on any atom is 0.251 e. The molecule has 0 fully saturated rings. The Hall–Kier alpha value is -2.33. The van der Waals surface area contributed by atoms with Crippen LogP contribution >= 0.6 is 0 Å². The highest BCUT2D eigenvalue weighted by atomic mass is 32.2. The lowest BCUT2D eigenvalue weighted by Crippen LogP contribution is -2.36. The molecule has 0 aliphatic heterocycles. The van der Waals surface area contributed by atoms with Crippen molar-refractivity contribution < 1.29 is 26.5 Å². The largest absolute Gasteiger partial charge is 0.360 e. The van der Waals surface area contributed by atoms with E-state index >= 15 is 0 Å². The second kappa shape index (κ2) is 7.28. The Morgan fingerprint density at radius 1 is 1.28 bits per heavy atom. The highest BCUT2D eigenvalue weighted by Gasteiger charge is 2.28. The number of aromatic nitrogens is 1. The molecule has 0 saturated heterocycles. The minimum absolute atomic E-state index is 0.0121.